The van der Waals surface area contributed by atoms with Gasteiger partial charge >= 0.3 is 0 Å². The molecule has 1 atom stereocenters. The fourth-order valence-electron chi connectivity index (χ4n) is 5.03. The maximum Gasteiger partial charge on any atom is 0.264 e. The van der Waals surface area contributed by atoms with Gasteiger partial charge in [0.05, 0.1) is 10.6 Å². The summed E-state index contributed by atoms with van der Waals surface area (Å²) in [5, 5.41) is 3.00. The van der Waals surface area contributed by atoms with Crippen molar-refractivity contribution in [1.29, 1.82) is 0 Å². The van der Waals surface area contributed by atoms with Crippen LogP contribution in [-0.2, 0) is 32.6 Å². The van der Waals surface area contributed by atoms with E-state index in [1.165, 1.54) is 29.2 Å². The molecule has 2 amide bonds. The second-order valence-electron chi connectivity index (χ2n) is 12.1. The molecule has 45 heavy (non-hydrogen) atoms. The van der Waals surface area contributed by atoms with E-state index in [1.807, 2.05) is 71.0 Å². The first kappa shape index (κ1) is 33.4. The number of halogens is 1. The number of carbonyl (C=O) groups is 2. The normalized spacial score (nSPS) is 12.3. The molecular formula is C36H40FN3O4S. The van der Waals surface area contributed by atoms with Crippen molar-refractivity contribution in [2.75, 3.05) is 10.8 Å². The number of hydrogen-bond acceptors (Lipinski definition) is 4. The number of hydrogen-bond donors (Lipinski definition) is 1. The van der Waals surface area contributed by atoms with Crippen LogP contribution in [0.1, 0.15) is 43.0 Å². The number of carbonyl (C=O) groups excluding carboxylic acids is 2. The summed E-state index contributed by atoms with van der Waals surface area (Å²) in [5.74, 6) is -1.39. The number of sulfonamides is 1. The first-order valence-corrected chi connectivity index (χ1v) is 16.2. The van der Waals surface area contributed by atoms with Crippen LogP contribution in [0.3, 0.4) is 0 Å². The maximum absolute atomic E-state index is 14.5. The Hall–Kier alpha value is -4.50. The summed E-state index contributed by atoms with van der Waals surface area (Å²) in [6.45, 7) is 8.65. The molecule has 0 radical (unpaired) electrons. The third kappa shape index (κ3) is 8.57. The molecule has 7 nitrogen and oxygen atoms in total. The molecule has 0 saturated heterocycles. The van der Waals surface area contributed by atoms with Gasteiger partial charge < -0.3 is 10.2 Å². The Morgan fingerprint density at radius 1 is 0.800 bits per heavy atom. The number of benzene rings is 4. The average Bonchev–Trinajstić information content (AvgIpc) is 3.00. The lowest BCUT2D eigenvalue weighted by Crippen LogP contribution is -2.56. The van der Waals surface area contributed by atoms with Crippen molar-refractivity contribution < 1.29 is 22.4 Å². The molecule has 0 fully saturated rings. The summed E-state index contributed by atoms with van der Waals surface area (Å²) in [7, 11) is -4.20. The Morgan fingerprint density at radius 2 is 1.40 bits per heavy atom. The SMILES string of the molecule is Cc1cccc(N(CC(=O)N(Cc2ccc(F)cc2)C(Cc2ccccc2)C(=O)NC(C)(C)C)S(=O)(=O)c2ccccc2)c1C. The molecular weight excluding hydrogens is 589 g/mol. The summed E-state index contributed by atoms with van der Waals surface area (Å²) >= 11 is 0. The maximum atomic E-state index is 14.5. The standard InChI is InChI=1S/C36H40FN3O4S/c1-26-13-12-18-32(27(26)2)40(45(43,44)31-16-10-7-11-17-31)25-34(41)39(24-29-19-21-30(37)22-20-29)33(35(42)38-36(3,4)5)23-28-14-8-6-9-15-28/h6-22,33H,23-25H2,1-5H3,(H,38,42). The smallest absolute Gasteiger partial charge is 0.264 e. The quantitative estimate of drug-likeness (QED) is 0.214. The molecule has 0 heterocycles. The minimum absolute atomic E-state index is 0.0371. The van der Waals surface area contributed by atoms with E-state index in [0.717, 1.165) is 15.4 Å². The molecule has 9 heteroatoms. The first-order valence-electron chi connectivity index (χ1n) is 14.8. The van der Waals surface area contributed by atoms with Crippen LogP contribution in [0.15, 0.2) is 108 Å². The number of nitrogens with zero attached hydrogens (tertiary/aromatic N) is 2. The van der Waals surface area contributed by atoms with Gasteiger partial charge in [-0.3, -0.25) is 13.9 Å². The van der Waals surface area contributed by atoms with Crippen molar-refractivity contribution in [3.05, 3.63) is 131 Å². The highest BCUT2D eigenvalue weighted by atomic mass is 32.2. The van der Waals surface area contributed by atoms with Crippen molar-refractivity contribution in [2.24, 2.45) is 0 Å². The fraction of sp³-hybridized carbons (Fsp3) is 0.278. The Morgan fingerprint density at radius 3 is 2.00 bits per heavy atom. The van der Waals surface area contributed by atoms with Crippen LogP contribution >= 0.6 is 0 Å². The van der Waals surface area contributed by atoms with Gasteiger partial charge in [-0.15, -0.1) is 0 Å². The van der Waals surface area contributed by atoms with Crippen LogP contribution in [0.25, 0.3) is 0 Å². The van der Waals surface area contributed by atoms with Crippen LogP contribution in [0.5, 0.6) is 0 Å². The van der Waals surface area contributed by atoms with Crippen molar-refractivity contribution in [2.45, 2.75) is 64.1 Å². The fourth-order valence-corrected chi connectivity index (χ4v) is 6.52. The van der Waals surface area contributed by atoms with Crippen molar-refractivity contribution in [3.63, 3.8) is 0 Å². The van der Waals surface area contributed by atoms with E-state index in [2.05, 4.69) is 5.32 Å². The summed E-state index contributed by atoms with van der Waals surface area (Å²) in [6, 6.07) is 27.3. The Balaban J connectivity index is 1.84. The van der Waals surface area contributed by atoms with E-state index in [9.17, 15) is 22.4 Å². The Kier molecular flexibility index (Phi) is 10.4. The lowest BCUT2D eigenvalue weighted by molar-refractivity contribution is -0.140. The molecule has 1 N–H and O–H groups in total. The second-order valence-corrected chi connectivity index (χ2v) is 14.0. The Bertz CT molecular complexity index is 1720. The van der Waals surface area contributed by atoms with Gasteiger partial charge in [-0.05, 0) is 87.2 Å². The minimum Gasteiger partial charge on any atom is -0.350 e. The number of rotatable bonds is 11. The van der Waals surface area contributed by atoms with Gasteiger partial charge in [-0.2, -0.15) is 0 Å². The van der Waals surface area contributed by atoms with Gasteiger partial charge in [0.2, 0.25) is 11.8 Å². The highest BCUT2D eigenvalue weighted by Gasteiger charge is 2.36. The lowest BCUT2D eigenvalue weighted by Gasteiger charge is -2.35. The molecule has 1 unspecified atom stereocenters. The zero-order valence-corrected chi connectivity index (χ0v) is 27.1. The molecule has 0 saturated carbocycles. The van der Waals surface area contributed by atoms with Crippen LogP contribution < -0.4 is 9.62 Å². The van der Waals surface area contributed by atoms with Crippen molar-refractivity contribution in [1.82, 2.24) is 10.2 Å². The highest BCUT2D eigenvalue weighted by Crippen LogP contribution is 2.29. The van der Waals surface area contributed by atoms with E-state index in [0.29, 0.717) is 16.8 Å². The molecule has 236 valence electrons. The van der Waals surface area contributed by atoms with Gasteiger partial charge in [0, 0.05) is 18.5 Å². The molecule has 0 aliphatic heterocycles. The summed E-state index contributed by atoms with van der Waals surface area (Å²) in [6.07, 6.45) is 0.185. The zero-order valence-electron chi connectivity index (χ0n) is 26.3. The third-order valence-electron chi connectivity index (χ3n) is 7.49. The van der Waals surface area contributed by atoms with Gasteiger partial charge in [-0.25, -0.2) is 12.8 Å². The molecule has 4 rings (SSSR count). The van der Waals surface area contributed by atoms with E-state index < -0.39 is 39.9 Å². The highest BCUT2D eigenvalue weighted by molar-refractivity contribution is 7.92. The number of amides is 2. The van der Waals surface area contributed by atoms with Gasteiger partial charge in [0.25, 0.3) is 10.0 Å². The van der Waals surface area contributed by atoms with E-state index >= 15 is 0 Å². The second kappa shape index (κ2) is 14.1. The van der Waals surface area contributed by atoms with Crippen LogP contribution in [0.2, 0.25) is 0 Å². The van der Waals surface area contributed by atoms with E-state index in [-0.39, 0.29) is 23.8 Å². The topological polar surface area (TPSA) is 86.8 Å². The summed E-state index contributed by atoms with van der Waals surface area (Å²) < 4.78 is 43.3. The van der Waals surface area contributed by atoms with Gasteiger partial charge in [0.1, 0.15) is 18.4 Å². The average molecular weight is 630 g/mol. The largest absolute Gasteiger partial charge is 0.350 e. The number of aryl methyl sites for hydroxylation is 1. The summed E-state index contributed by atoms with van der Waals surface area (Å²) in [4.78, 5) is 29.9. The molecule has 0 spiro atoms. The molecule has 4 aromatic carbocycles. The minimum atomic E-state index is -4.20. The first-order chi connectivity index (χ1) is 21.3. The van der Waals surface area contributed by atoms with Crippen molar-refractivity contribution in [3.8, 4) is 0 Å². The number of nitrogens with one attached hydrogen (secondary N) is 1. The van der Waals surface area contributed by atoms with Crippen LogP contribution in [0, 0.1) is 19.7 Å². The van der Waals surface area contributed by atoms with E-state index in [1.54, 1.807) is 42.5 Å². The number of anilines is 1. The lowest BCUT2D eigenvalue weighted by atomic mass is 10.0. The third-order valence-corrected chi connectivity index (χ3v) is 9.26. The predicted molar refractivity (Wildman–Crippen MR) is 176 cm³/mol. The van der Waals surface area contributed by atoms with E-state index in [4.69, 9.17) is 0 Å². The monoisotopic (exact) mass is 629 g/mol. The van der Waals surface area contributed by atoms with Gasteiger partial charge in [0.15, 0.2) is 0 Å². The van der Waals surface area contributed by atoms with Crippen LogP contribution in [-0.4, -0.2) is 43.3 Å². The zero-order chi connectivity index (χ0) is 32.8. The molecule has 0 aromatic heterocycles. The molecule has 0 aliphatic rings. The molecule has 0 aliphatic carbocycles. The predicted octanol–water partition coefficient (Wildman–Crippen LogP) is 6.19. The molecule has 0 bridgehead atoms. The van der Waals surface area contributed by atoms with Gasteiger partial charge in [-0.1, -0.05) is 72.8 Å². The van der Waals surface area contributed by atoms with Crippen LogP contribution in [0.4, 0.5) is 10.1 Å². The Labute approximate surface area is 265 Å². The molecule has 4 aromatic rings. The van der Waals surface area contributed by atoms with Crippen molar-refractivity contribution >= 4 is 27.5 Å². The summed E-state index contributed by atoms with van der Waals surface area (Å²) in [5.41, 5.74) is 2.76.